The Morgan fingerprint density at radius 2 is 0.770 bits per heavy atom. The zero-order chi connectivity index (χ0) is 41.6. The molecular weight excluding hydrogens is 935 g/mol. The molecule has 8 rings (SSSR count). The molecule has 0 aliphatic carbocycles. The Balaban J connectivity index is 0.000000224. The van der Waals surface area contributed by atoms with Crippen LogP contribution in [0.15, 0.2) is 72.8 Å². The topological polar surface area (TPSA) is 133 Å². The zero-order valence-electron chi connectivity index (χ0n) is 33.7. The number of hydrogen-bond acceptors (Lipinski definition) is 10. The summed E-state index contributed by atoms with van der Waals surface area (Å²) in [5.74, 6) is 1.27. The standard InChI is InChI=1S/C23H27F2NO4.C22H25F2NO4.ClH.HI/c1-26(12-18(27)22-6-2-14-10-16(24)4-8-20(14)29-22)13-19(28)23-7-3-15-11-17(25)5-9-21(15)30-23;23-15-3-7-19-13(9-15)1-5-21(28-19)17(26)11-25-12-18(27)22-6-2-14-10-16(24)4-8-20(14)29-22;;/h4-5,8-11,18-19,22-23,27-28H,2-3,6-7,12-13H2,1H3;3-4,7-10,17-18,21-22,25-27H,1-2,5-6,11-12H2;2*1H/t18-,19-,22-,23+;17-,18-,21-,22+;;/m00../s1. The van der Waals surface area contributed by atoms with Crippen molar-refractivity contribution in [3.63, 3.8) is 0 Å². The van der Waals surface area contributed by atoms with Crippen LogP contribution in [0.5, 0.6) is 23.0 Å². The van der Waals surface area contributed by atoms with Gasteiger partial charge in [0.15, 0.2) is 0 Å². The maximum atomic E-state index is 13.3. The summed E-state index contributed by atoms with van der Waals surface area (Å²) in [6.07, 6.45) is 0.485. The summed E-state index contributed by atoms with van der Waals surface area (Å²) >= 11 is 0. The molecule has 0 unspecified atom stereocenters. The first-order valence-corrected chi connectivity index (χ1v) is 20.3. The SMILES string of the molecule is CN(C[C@H](O)[C@@H]1CCc2cc(F)ccc2O1)C[C@H](O)[C@H]1CCc2cc(F)ccc2O1.Cl.I.O[C@@H](CNC[C@H](O)[C@H]1CCc2cc(F)ccc2O1)[C@@H]1CCc2cc(F)ccc2O1. The number of nitrogens with zero attached hydrogens (tertiary/aromatic N) is 1. The minimum Gasteiger partial charge on any atom is -0.487 e. The van der Waals surface area contributed by atoms with E-state index in [2.05, 4.69) is 5.32 Å². The van der Waals surface area contributed by atoms with Gasteiger partial charge < -0.3 is 49.6 Å². The van der Waals surface area contributed by atoms with Crippen LogP contribution in [0.4, 0.5) is 17.6 Å². The highest BCUT2D eigenvalue weighted by Crippen LogP contribution is 2.33. The lowest BCUT2D eigenvalue weighted by molar-refractivity contribution is -0.0212. The molecule has 0 spiro atoms. The predicted molar refractivity (Wildman–Crippen MR) is 234 cm³/mol. The molecule has 334 valence electrons. The minimum atomic E-state index is -0.753. The van der Waals surface area contributed by atoms with Crippen LogP contribution in [0, 0.1) is 23.3 Å². The van der Waals surface area contributed by atoms with E-state index in [0.717, 1.165) is 22.3 Å². The van der Waals surface area contributed by atoms with Crippen molar-refractivity contribution in [2.75, 3.05) is 33.2 Å². The Hall–Kier alpha value is -3.42. The van der Waals surface area contributed by atoms with Gasteiger partial charge in [-0.15, -0.1) is 36.4 Å². The van der Waals surface area contributed by atoms with E-state index in [9.17, 15) is 38.0 Å². The van der Waals surface area contributed by atoms with Gasteiger partial charge in [-0.2, -0.15) is 0 Å². The average molecular weight is 989 g/mol. The second-order valence-electron chi connectivity index (χ2n) is 15.9. The van der Waals surface area contributed by atoms with Crippen molar-refractivity contribution in [2.24, 2.45) is 0 Å². The van der Waals surface area contributed by atoms with E-state index >= 15 is 0 Å². The van der Waals surface area contributed by atoms with Crippen LogP contribution in [0.2, 0.25) is 0 Å². The molecule has 10 nitrogen and oxygen atoms in total. The first kappa shape index (κ1) is 48.6. The van der Waals surface area contributed by atoms with Crippen molar-refractivity contribution in [1.29, 1.82) is 0 Å². The Kier molecular flexibility index (Phi) is 17.8. The van der Waals surface area contributed by atoms with Gasteiger partial charge in [0.25, 0.3) is 0 Å². The number of halogens is 6. The lowest BCUT2D eigenvalue weighted by atomic mass is 9.98. The molecular formula is C45H54ClF4IN2O8. The van der Waals surface area contributed by atoms with Crippen LogP contribution >= 0.6 is 36.4 Å². The van der Waals surface area contributed by atoms with E-state index in [-0.39, 0.29) is 97.2 Å². The normalized spacial score (nSPS) is 21.8. The van der Waals surface area contributed by atoms with Gasteiger partial charge in [0.2, 0.25) is 0 Å². The number of benzene rings is 4. The van der Waals surface area contributed by atoms with Crippen molar-refractivity contribution in [3.8, 4) is 23.0 Å². The molecule has 4 heterocycles. The summed E-state index contributed by atoms with van der Waals surface area (Å²) in [6, 6.07) is 17.6. The summed E-state index contributed by atoms with van der Waals surface area (Å²) in [6.45, 7) is 1.17. The van der Waals surface area contributed by atoms with Gasteiger partial charge in [-0.3, -0.25) is 0 Å². The van der Waals surface area contributed by atoms with Crippen molar-refractivity contribution in [3.05, 3.63) is 118 Å². The third-order valence-electron chi connectivity index (χ3n) is 11.4. The molecule has 0 saturated carbocycles. The van der Waals surface area contributed by atoms with Crippen LogP contribution in [-0.2, 0) is 25.7 Å². The fourth-order valence-corrected chi connectivity index (χ4v) is 8.19. The van der Waals surface area contributed by atoms with E-state index in [0.29, 0.717) is 87.5 Å². The van der Waals surface area contributed by atoms with Crippen LogP contribution < -0.4 is 24.3 Å². The molecule has 61 heavy (non-hydrogen) atoms. The third kappa shape index (κ3) is 12.8. The number of nitrogens with one attached hydrogen (secondary N) is 1. The van der Waals surface area contributed by atoms with Crippen molar-refractivity contribution in [1.82, 2.24) is 10.2 Å². The number of likely N-dealkylation sites (N-methyl/N-ethyl adjacent to an activating group) is 1. The fraction of sp³-hybridized carbons (Fsp3) is 0.467. The minimum absolute atomic E-state index is 0. The Labute approximate surface area is 376 Å². The van der Waals surface area contributed by atoms with Gasteiger partial charge >= 0.3 is 0 Å². The third-order valence-corrected chi connectivity index (χ3v) is 11.4. The molecule has 0 aromatic heterocycles. The van der Waals surface area contributed by atoms with Gasteiger partial charge in [-0.25, -0.2) is 17.6 Å². The van der Waals surface area contributed by atoms with Crippen LogP contribution in [0.1, 0.15) is 47.9 Å². The summed E-state index contributed by atoms with van der Waals surface area (Å²) in [7, 11) is 1.82. The van der Waals surface area contributed by atoms with Gasteiger partial charge in [-0.1, -0.05) is 0 Å². The zero-order valence-corrected chi connectivity index (χ0v) is 36.9. The Morgan fingerprint density at radius 1 is 0.508 bits per heavy atom. The highest BCUT2D eigenvalue weighted by molar-refractivity contribution is 14.0. The van der Waals surface area contributed by atoms with E-state index in [4.69, 9.17) is 18.9 Å². The summed E-state index contributed by atoms with van der Waals surface area (Å²) in [5.41, 5.74) is 3.26. The van der Waals surface area contributed by atoms with Crippen LogP contribution in [0.25, 0.3) is 0 Å². The summed E-state index contributed by atoms with van der Waals surface area (Å²) in [5, 5.41) is 45.1. The number of ether oxygens (including phenoxy) is 4. The van der Waals surface area contributed by atoms with Gasteiger partial charge in [-0.05, 0) is 153 Å². The maximum absolute atomic E-state index is 13.3. The first-order chi connectivity index (χ1) is 28.4. The Bertz CT molecular complexity index is 1920. The molecule has 4 aromatic carbocycles. The van der Waals surface area contributed by atoms with E-state index in [1.54, 1.807) is 24.3 Å². The van der Waals surface area contributed by atoms with E-state index in [1.807, 2.05) is 11.9 Å². The lowest BCUT2D eigenvalue weighted by Gasteiger charge is -2.34. The summed E-state index contributed by atoms with van der Waals surface area (Å²) < 4.78 is 76.5. The fourth-order valence-electron chi connectivity index (χ4n) is 8.19. The lowest BCUT2D eigenvalue weighted by Crippen LogP contribution is -2.47. The van der Waals surface area contributed by atoms with Gasteiger partial charge in [0.1, 0.15) is 95.1 Å². The predicted octanol–water partition coefficient (Wildman–Crippen LogP) is 6.11. The molecule has 5 N–H and O–H groups in total. The smallest absolute Gasteiger partial charge is 0.126 e. The molecule has 4 aliphatic rings. The maximum Gasteiger partial charge on any atom is 0.126 e. The molecule has 8 atom stereocenters. The molecule has 16 heteroatoms. The number of aryl methyl sites for hydroxylation is 4. The van der Waals surface area contributed by atoms with E-state index in [1.165, 1.54) is 48.5 Å². The quantitative estimate of drug-likeness (QED) is 0.0838. The number of hydrogen-bond donors (Lipinski definition) is 5. The highest BCUT2D eigenvalue weighted by Gasteiger charge is 2.32. The molecule has 0 saturated heterocycles. The monoisotopic (exact) mass is 988 g/mol. The Morgan fingerprint density at radius 3 is 1.05 bits per heavy atom. The van der Waals surface area contributed by atoms with Crippen molar-refractivity contribution >= 4 is 36.4 Å². The van der Waals surface area contributed by atoms with Crippen molar-refractivity contribution in [2.45, 2.75) is 100 Å². The second kappa shape index (κ2) is 22.3. The highest BCUT2D eigenvalue weighted by atomic mass is 127. The number of aliphatic hydroxyl groups is 4. The molecule has 0 bridgehead atoms. The molecule has 0 fully saturated rings. The number of fused-ring (bicyclic) bond motifs is 4. The average Bonchev–Trinajstić information content (AvgIpc) is 3.22. The second-order valence-corrected chi connectivity index (χ2v) is 15.9. The van der Waals surface area contributed by atoms with Crippen LogP contribution in [-0.4, -0.2) is 107 Å². The number of aliphatic hydroxyl groups excluding tert-OH is 4. The van der Waals surface area contributed by atoms with Gasteiger partial charge in [0.05, 0.1) is 0 Å². The molecule has 0 radical (unpaired) electrons. The molecule has 0 amide bonds. The summed E-state index contributed by atoms with van der Waals surface area (Å²) in [4.78, 5) is 1.85. The largest absolute Gasteiger partial charge is 0.487 e. The molecule has 4 aromatic rings. The van der Waals surface area contributed by atoms with E-state index < -0.39 is 24.4 Å². The van der Waals surface area contributed by atoms with Gasteiger partial charge in [0, 0.05) is 26.2 Å². The molecule has 4 aliphatic heterocycles. The van der Waals surface area contributed by atoms with Crippen LogP contribution in [0.3, 0.4) is 0 Å². The number of rotatable bonds is 12. The first-order valence-electron chi connectivity index (χ1n) is 20.3. The van der Waals surface area contributed by atoms with Crippen molar-refractivity contribution < 1.29 is 56.9 Å².